The third kappa shape index (κ3) is 2.50. The number of ether oxygens (including phenoxy) is 2. The van der Waals surface area contributed by atoms with Crippen LogP contribution in [-0.4, -0.2) is 12.7 Å². The monoisotopic (exact) mass is 273 g/mol. The van der Waals surface area contributed by atoms with Crippen LogP contribution in [0.2, 0.25) is 0 Å². The highest BCUT2D eigenvalue weighted by Crippen LogP contribution is 2.43. The molecule has 0 aliphatic carbocycles. The summed E-state index contributed by atoms with van der Waals surface area (Å²) >= 11 is 0. The molecule has 20 heavy (non-hydrogen) atoms. The quantitative estimate of drug-likeness (QED) is 0.853. The first kappa shape index (κ1) is 13.0. The molecular weight excluding hydrogens is 254 g/mol. The molecule has 0 spiro atoms. The zero-order chi connectivity index (χ0) is 13.9. The number of rotatable bonds is 4. The van der Waals surface area contributed by atoms with E-state index in [4.69, 9.17) is 9.47 Å². The van der Waals surface area contributed by atoms with Gasteiger partial charge >= 0.3 is 0 Å². The summed E-state index contributed by atoms with van der Waals surface area (Å²) in [5, 5.41) is 2.93. The van der Waals surface area contributed by atoms with Crippen molar-refractivity contribution in [3.05, 3.63) is 29.8 Å². The van der Waals surface area contributed by atoms with Crippen LogP contribution in [0, 0.1) is 0 Å². The lowest BCUT2D eigenvalue weighted by molar-refractivity contribution is -0.116. The van der Waals surface area contributed by atoms with Crippen LogP contribution in [-0.2, 0) is 4.79 Å². The van der Waals surface area contributed by atoms with Gasteiger partial charge in [0.2, 0.25) is 12.7 Å². The number of carbonyl (C=O) groups excluding carboxylic acids is 1. The molecule has 0 saturated carbocycles. The van der Waals surface area contributed by atoms with Crippen LogP contribution in [0.1, 0.15) is 44.1 Å². The summed E-state index contributed by atoms with van der Waals surface area (Å²) in [5.41, 5.74) is 2.04. The molecule has 3 rings (SSSR count). The Morgan fingerprint density at radius 3 is 2.90 bits per heavy atom. The van der Waals surface area contributed by atoms with Crippen LogP contribution in [0.15, 0.2) is 24.3 Å². The first-order valence-corrected chi connectivity index (χ1v) is 7.16. The van der Waals surface area contributed by atoms with Gasteiger partial charge in [-0.2, -0.15) is 0 Å². The van der Waals surface area contributed by atoms with E-state index >= 15 is 0 Å². The van der Waals surface area contributed by atoms with Gasteiger partial charge in [0, 0.05) is 18.2 Å². The topological polar surface area (TPSA) is 47.6 Å². The van der Waals surface area contributed by atoms with Crippen LogP contribution in [0.25, 0.3) is 0 Å². The van der Waals surface area contributed by atoms with Crippen LogP contribution in [0.4, 0.5) is 5.69 Å². The third-order valence-corrected chi connectivity index (χ3v) is 3.77. The van der Waals surface area contributed by atoms with Crippen molar-refractivity contribution in [1.82, 2.24) is 0 Å². The van der Waals surface area contributed by atoms with E-state index in [9.17, 15) is 4.79 Å². The van der Waals surface area contributed by atoms with Gasteiger partial charge in [0.1, 0.15) is 0 Å². The van der Waals surface area contributed by atoms with Crippen molar-refractivity contribution < 1.29 is 14.3 Å². The van der Waals surface area contributed by atoms with Gasteiger partial charge < -0.3 is 14.8 Å². The predicted molar refractivity (Wildman–Crippen MR) is 77.2 cm³/mol. The first-order chi connectivity index (χ1) is 9.78. The van der Waals surface area contributed by atoms with Gasteiger partial charge in [-0.15, -0.1) is 0 Å². The fourth-order valence-corrected chi connectivity index (χ4v) is 2.78. The minimum absolute atomic E-state index is 0.0841. The van der Waals surface area contributed by atoms with Gasteiger partial charge in [-0.1, -0.05) is 19.1 Å². The highest BCUT2D eigenvalue weighted by Gasteiger charge is 2.28. The average Bonchev–Trinajstić information content (AvgIpc) is 2.88. The summed E-state index contributed by atoms with van der Waals surface area (Å²) in [7, 11) is 0. The number of anilines is 1. The summed E-state index contributed by atoms with van der Waals surface area (Å²) in [6.07, 6.45) is 7.95. The van der Waals surface area contributed by atoms with Crippen molar-refractivity contribution >= 4 is 11.6 Å². The number of hydrogen-bond donors (Lipinski definition) is 1. The highest BCUT2D eigenvalue weighted by atomic mass is 16.7. The van der Waals surface area contributed by atoms with Crippen molar-refractivity contribution in [3.8, 4) is 11.5 Å². The van der Waals surface area contributed by atoms with E-state index in [1.165, 1.54) is 5.56 Å². The second-order valence-electron chi connectivity index (χ2n) is 5.20. The molecule has 0 saturated heterocycles. The smallest absolute Gasteiger partial charge is 0.231 e. The lowest BCUT2D eigenvalue weighted by Gasteiger charge is -2.25. The molecule has 2 aliphatic heterocycles. The SMILES string of the molecule is CC/C=C\CC[C@@H]1CC(=O)Nc2cc3c(cc21)OCO3. The number of amides is 1. The van der Waals surface area contributed by atoms with Crippen molar-refractivity contribution in [2.75, 3.05) is 12.1 Å². The van der Waals surface area contributed by atoms with E-state index in [1.807, 2.05) is 12.1 Å². The molecule has 2 heterocycles. The maximum absolute atomic E-state index is 11.8. The molecule has 4 heteroatoms. The Bertz CT molecular complexity index is 551. The second-order valence-corrected chi connectivity index (χ2v) is 5.20. The number of hydrogen-bond acceptors (Lipinski definition) is 3. The lowest BCUT2D eigenvalue weighted by atomic mass is 9.86. The summed E-state index contributed by atoms with van der Waals surface area (Å²) in [5.74, 6) is 1.85. The Morgan fingerprint density at radius 2 is 2.10 bits per heavy atom. The Morgan fingerprint density at radius 1 is 1.30 bits per heavy atom. The Labute approximate surface area is 118 Å². The van der Waals surface area contributed by atoms with E-state index in [0.29, 0.717) is 6.42 Å². The molecule has 1 atom stereocenters. The van der Waals surface area contributed by atoms with Crippen LogP contribution in [0.3, 0.4) is 0 Å². The number of benzene rings is 1. The van der Waals surface area contributed by atoms with E-state index < -0.39 is 0 Å². The van der Waals surface area contributed by atoms with Crippen molar-refractivity contribution in [3.63, 3.8) is 0 Å². The first-order valence-electron chi connectivity index (χ1n) is 7.16. The van der Waals surface area contributed by atoms with E-state index in [1.54, 1.807) is 0 Å². The second kappa shape index (κ2) is 5.57. The van der Waals surface area contributed by atoms with Gasteiger partial charge in [0.15, 0.2) is 11.5 Å². The molecule has 1 aromatic carbocycles. The summed E-state index contributed by atoms with van der Waals surface area (Å²) in [4.78, 5) is 11.8. The summed E-state index contributed by atoms with van der Waals surface area (Å²) in [6, 6.07) is 3.90. The van der Waals surface area contributed by atoms with Crippen molar-refractivity contribution in [2.45, 2.75) is 38.5 Å². The molecule has 0 fully saturated rings. The van der Waals surface area contributed by atoms with E-state index in [0.717, 1.165) is 36.4 Å². The predicted octanol–water partition coefficient (Wildman–Crippen LogP) is 3.59. The van der Waals surface area contributed by atoms with Crippen molar-refractivity contribution in [1.29, 1.82) is 0 Å². The zero-order valence-electron chi connectivity index (χ0n) is 11.6. The minimum Gasteiger partial charge on any atom is -0.454 e. The zero-order valence-corrected chi connectivity index (χ0v) is 11.6. The van der Waals surface area contributed by atoms with Gasteiger partial charge in [0.05, 0.1) is 0 Å². The molecule has 2 aliphatic rings. The van der Waals surface area contributed by atoms with Crippen molar-refractivity contribution in [2.24, 2.45) is 0 Å². The molecule has 0 unspecified atom stereocenters. The van der Waals surface area contributed by atoms with Gasteiger partial charge in [-0.3, -0.25) is 4.79 Å². The molecule has 4 nitrogen and oxygen atoms in total. The lowest BCUT2D eigenvalue weighted by Crippen LogP contribution is -2.22. The summed E-state index contributed by atoms with van der Waals surface area (Å²) < 4.78 is 10.8. The fourth-order valence-electron chi connectivity index (χ4n) is 2.78. The molecule has 0 bridgehead atoms. The molecule has 106 valence electrons. The number of allylic oxidation sites excluding steroid dienone is 2. The number of nitrogens with one attached hydrogen (secondary N) is 1. The molecule has 1 amide bonds. The van der Waals surface area contributed by atoms with Crippen LogP contribution in [0.5, 0.6) is 11.5 Å². The van der Waals surface area contributed by atoms with E-state index in [2.05, 4.69) is 24.4 Å². The van der Waals surface area contributed by atoms with Gasteiger partial charge in [-0.25, -0.2) is 0 Å². The van der Waals surface area contributed by atoms with E-state index in [-0.39, 0.29) is 18.6 Å². The Balaban J connectivity index is 1.83. The summed E-state index contributed by atoms with van der Waals surface area (Å²) in [6.45, 7) is 2.39. The molecular formula is C16H19NO3. The molecule has 1 N–H and O–H groups in total. The Kier molecular flexibility index (Phi) is 3.63. The average molecular weight is 273 g/mol. The number of carbonyl (C=O) groups is 1. The largest absolute Gasteiger partial charge is 0.454 e. The van der Waals surface area contributed by atoms with Gasteiger partial charge in [-0.05, 0) is 36.8 Å². The minimum atomic E-state index is 0.0841. The van der Waals surface area contributed by atoms with Gasteiger partial charge in [0.25, 0.3) is 0 Å². The fraction of sp³-hybridized carbons (Fsp3) is 0.438. The normalized spacial score (nSPS) is 20.1. The third-order valence-electron chi connectivity index (χ3n) is 3.77. The molecule has 0 aromatic heterocycles. The van der Waals surface area contributed by atoms with Crippen LogP contribution < -0.4 is 14.8 Å². The molecule has 0 radical (unpaired) electrons. The Hall–Kier alpha value is -1.97. The molecule has 1 aromatic rings. The number of fused-ring (bicyclic) bond motifs is 2. The van der Waals surface area contributed by atoms with Crippen LogP contribution >= 0.6 is 0 Å². The maximum atomic E-state index is 11.8. The standard InChI is InChI=1S/C16H19NO3/c1-2-3-4-5-6-11-7-16(18)17-13-9-15-14(8-12(11)13)19-10-20-15/h3-4,8-9,11H,2,5-7,10H2,1H3,(H,17,18)/b4-3-/t11-/m1/s1. The highest BCUT2D eigenvalue weighted by molar-refractivity contribution is 5.95. The maximum Gasteiger partial charge on any atom is 0.231 e.